The van der Waals surface area contributed by atoms with Crippen LogP contribution in [0.2, 0.25) is 10.0 Å². The number of amides is 4. The monoisotopic (exact) mass is 690 g/mol. The fourth-order valence-corrected chi connectivity index (χ4v) is 9.44. The number of hydrogen-bond acceptors (Lipinski definition) is 5. The number of anilines is 2. The zero-order valence-electron chi connectivity index (χ0n) is 26.6. The largest absolute Gasteiger partial charge is 0.508 e. The van der Waals surface area contributed by atoms with Gasteiger partial charge < -0.3 is 5.11 Å². The number of carbonyl (C=O) groups is 4. The summed E-state index contributed by atoms with van der Waals surface area (Å²) in [5, 5.41) is 11.0. The number of phenolic OH excluding ortho intramolecular Hbond substituents is 1. The molecule has 49 heavy (non-hydrogen) atoms. The highest BCUT2D eigenvalue weighted by molar-refractivity contribution is 6.33. The molecule has 1 saturated carbocycles. The number of allylic oxidation sites excluding steroid dienone is 2. The summed E-state index contributed by atoms with van der Waals surface area (Å²) in [6.07, 6.45) is 3.30. The molecule has 0 unspecified atom stereocenters. The lowest BCUT2D eigenvalue weighted by atomic mass is 9.49. The Morgan fingerprint density at radius 1 is 0.776 bits per heavy atom. The van der Waals surface area contributed by atoms with Crippen molar-refractivity contribution in [3.63, 3.8) is 0 Å². The molecular weight excluding hydrogens is 659 g/mol. The van der Waals surface area contributed by atoms with E-state index in [9.17, 15) is 19.5 Å². The molecule has 1 N–H and O–H groups in total. The third-order valence-corrected chi connectivity index (χ3v) is 11.6. The standard InChI is InChI=1S/C40H32Cl2N2O5/c1-2-22-11-13-25(14-12-22)43-36(46)30-18-17-28-31(34(30)38(43)48)21-32-37(47)44(26-10-6-9-24(41)19-26)39(49)40(32,23-7-4-3-5-8-23)35(28)29-16-15-27(45)20-33(29)42/h3-17,19-20,30-32,34-35,45H,2,18,21H2,1H3/t30-,31+,32-,34-,35+,40+/m0/s1. The predicted molar refractivity (Wildman–Crippen MR) is 188 cm³/mol. The Labute approximate surface area is 293 Å². The van der Waals surface area contributed by atoms with Gasteiger partial charge in [0.05, 0.1) is 34.5 Å². The van der Waals surface area contributed by atoms with Crippen molar-refractivity contribution in [2.24, 2.45) is 23.7 Å². The average Bonchev–Trinajstić information content (AvgIpc) is 3.49. The van der Waals surface area contributed by atoms with Crippen molar-refractivity contribution in [1.82, 2.24) is 0 Å². The van der Waals surface area contributed by atoms with Gasteiger partial charge in [0.25, 0.3) is 0 Å². The number of imide groups is 2. The van der Waals surface area contributed by atoms with Crippen LogP contribution in [0.15, 0.2) is 109 Å². The van der Waals surface area contributed by atoms with Crippen molar-refractivity contribution < 1.29 is 24.3 Å². The molecule has 8 rings (SSSR count). The normalized spacial score (nSPS) is 27.6. The molecule has 4 aromatic rings. The Bertz CT molecular complexity index is 2080. The van der Waals surface area contributed by atoms with Gasteiger partial charge in [0, 0.05) is 16.0 Å². The maximum absolute atomic E-state index is 15.3. The van der Waals surface area contributed by atoms with Crippen molar-refractivity contribution >= 4 is 58.2 Å². The van der Waals surface area contributed by atoms with Gasteiger partial charge in [0.15, 0.2) is 0 Å². The number of halogens is 2. The van der Waals surface area contributed by atoms with Crippen LogP contribution in [0, 0.1) is 23.7 Å². The molecule has 4 aromatic carbocycles. The Morgan fingerprint density at radius 2 is 1.53 bits per heavy atom. The quantitative estimate of drug-likeness (QED) is 0.172. The molecule has 4 amide bonds. The van der Waals surface area contributed by atoms with Gasteiger partial charge in [-0.3, -0.25) is 24.1 Å². The number of carbonyl (C=O) groups excluding carboxylic acids is 4. The van der Waals surface area contributed by atoms with Crippen LogP contribution in [0.3, 0.4) is 0 Å². The summed E-state index contributed by atoms with van der Waals surface area (Å²) >= 11 is 13.3. The molecule has 0 bridgehead atoms. The minimum absolute atomic E-state index is 0.0419. The van der Waals surface area contributed by atoms with Gasteiger partial charge in [-0.15, -0.1) is 0 Å². The van der Waals surface area contributed by atoms with Crippen molar-refractivity contribution in [3.05, 3.63) is 135 Å². The van der Waals surface area contributed by atoms with Gasteiger partial charge >= 0.3 is 0 Å². The zero-order valence-corrected chi connectivity index (χ0v) is 28.1. The number of fused-ring (bicyclic) bond motifs is 4. The first-order chi connectivity index (χ1) is 23.7. The Hall–Kier alpha value is -4.72. The van der Waals surface area contributed by atoms with Crippen LogP contribution >= 0.6 is 23.2 Å². The van der Waals surface area contributed by atoms with Crippen LogP contribution in [0.4, 0.5) is 11.4 Å². The minimum Gasteiger partial charge on any atom is -0.508 e. The molecule has 6 atom stereocenters. The summed E-state index contributed by atoms with van der Waals surface area (Å²) in [6.45, 7) is 2.04. The minimum atomic E-state index is -1.45. The maximum atomic E-state index is 15.3. The third kappa shape index (κ3) is 4.55. The highest BCUT2D eigenvalue weighted by atomic mass is 35.5. The van der Waals surface area contributed by atoms with Crippen molar-refractivity contribution in [2.75, 3.05) is 9.80 Å². The maximum Gasteiger partial charge on any atom is 0.246 e. The van der Waals surface area contributed by atoms with Gasteiger partial charge in [0.1, 0.15) is 5.75 Å². The number of nitrogens with zero attached hydrogens (tertiary/aromatic N) is 2. The van der Waals surface area contributed by atoms with Crippen LogP contribution in [-0.4, -0.2) is 28.7 Å². The molecule has 0 spiro atoms. The Balaban J connectivity index is 1.34. The van der Waals surface area contributed by atoms with E-state index in [4.69, 9.17) is 23.2 Å². The molecule has 2 aliphatic heterocycles. The topological polar surface area (TPSA) is 95.0 Å². The molecule has 9 heteroatoms. The van der Waals surface area contributed by atoms with Crippen LogP contribution in [0.1, 0.15) is 42.4 Å². The number of hydrogen-bond donors (Lipinski definition) is 1. The molecule has 2 aliphatic carbocycles. The zero-order chi connectivity index (χ0) is 34.2. The highest BCUT2D eigenvalue weighted by Gasteiger charge is 2.70. The van der Waals surface area contributed by atoms with E-state index in [0.717, 1.165) is 17.6 Å². The first-order valence-corrected chi connectivity index (χ1v) is 17.3. The van der Waals surface area contributed by atoms with E-state index in [-0.39, 0.29) is 29.0 Å². The summed E-state index contributed by atoms with van der Waals surface area (Å²) in [5.41, 5.74) is 2.52. The van der Waals surface area contributed by atoms with E-state index >= 15 is 4.79 Å². The fraction of sp³-hybridized carbons (Fsp3) is 0.250. The van der Waals surface area contributed by atoms with Gasteiger partial charge in [-0.05, 0) is 84.3 Å². The second kappa shape index (κ2) is 11.7. The summed E-state index contributed by atoms with van der Waals surface area (Å²) in [7, 11) is 0. The summed E-state index contributed by atoms with van der Waals surface area (Å²) in [5.74, 6) is -4.98. The van der Waals surface area contributed by atoms with E-state index in [0.29, 0.717) is 33.9 Å². The molecule has 2 heterocycles. The number of phenols is 1. The van der Waals surface area contributed by atoms with E-state index in [1.54, 1.807) is 30.3 Å². The van der Waals surface area contributed by atoms with Crippen LogP contribution in [0.5, 0.6) is 5.75 Å². The lowest BCUT2D eigenvalue weighted by molar-refractivity contribution is -0.127. The first kappa shape index (κ1) is 31.5. The van der Waals surface area contributed by atoms with Gasteiger partial charge in [-0.1, -0.05) is 96.4 Å². The third-order valence-electron chi connectivity index (χ3n) is 11.1. The molecule has 0 aromatic heterocycles. The molecule has 7 nitrogen and oxygen atoms in total. The molecule has 0 radical (unpaired) electrons. The van der Waals surface area contributed by atoms with Gasteiger partial charge in [-0.2, -0.15) is 0 Å². The predicted octanol–water partition coefficient (Wildman–Crippen LogP) is 7.63. The Kier molecular flexibility index (Phi) is 7.54. The van der Waals surface area contributed by atoms with Crippen molar-refractivity contribution in [3.8, 4) is 5.75 Å². The highest BCUT2D eigenvalue weighted by Crippen LogP contribution is 2.65. The number of aromatic hydroxyl groups is 1. The van der Waals surface area contributed by atoms with E-state index in [1.807, 2.05) is 67.6 Å². The first-order valence-electron chi connectivity index (χ1n) is 16.5. The molecule has 4 aliphatic rings. The van der Waals surface area contributed by atoms with Crippen LogP contribution < -0.4 is 9.80 Å². The van der Waals surface area contributed by atoms with Crippen molar-refractivity contribution in [2.45, 2.75) is 37.5 Å². The molecule has 3 fully saturated rings. The van der Waals surface area contributed by atoms with Crippen LogP contribution in [-0.2, 0) is 31.0 Å². The summed E-state index contributed by atoms with van der Waals surface area (Å²) in [6, 6.07) is 28.0. The molecular formula is C40H32Cl2N2O5. The second-order valence-corrected chi connectivity index (χ2v) is 14.2. The Morgan fingerprint density at radius 3 is 2.22 bits per heavy atom. The summed E-state index contributed by atoms with van der Waals surface area (Å²) < 4.78 is 0. The average molecular weight is 692 g/mol. The van der Waals surface area contributed by atoms with Crippen LogP contribution in [0.25, 0.3) is 0 Å². The summed E-state index contributed by atoms with van der Waals surface area (Å²) in [4.78, 5) is 61.1. The smallest absolute Gasteiger partial charge is 0.246 e. The number of benzene rings is 4. The van der Waals surface area contributed by atoms with Gasteiger partial charge in [-0.25, -0.2) is 4.90 Å². The molecule has 246 valence electrons. The van der Waals surface area contributed by atoms with E-state index in [1.165, 1.54) is 21.9 Å². The lowest BCUT2D eigenvalue weighted by Gasteiger charge is -2.51. The van der Waals surface area contributed by atoms with E-state index in [2.05, 4.69) is 0 Å². The fourth-order valence-electron chi connectivity index (χ4n) is 8.97. The van der Waals surface area contributed by atoms with Gasteiger partial charge in [0.2, 0.25) is 23.6 Å². The lowest BCUT2D eigenvalue weighted by Crippen LogP contribution is -2.53. The SMILES string of the molecule is CCc1ccc(N2C(=O)[C@H]3[C@H](CC=C4[C@H]3C[C@H]3C(=O)N(c5cccc(Cl)c5)C(=O)[C@@]3(c3ccccc3)[C@H]4c3ccc(O)cc3Cl)C2=O)cc1. The molecule has 2 saturated heterocycles. The second-order valence-electron chi connectivity index (χ2n) is 13.3. The van der Waals surface area contributed by atoms with Crippen molar-refractivity contribution in [1.29, 1.82) is 0 Å². The number of aryl methyl sites for hydroxylation is 1. The van der Waals surface area contributed by atoms with E-state index < -0.39 is 46.8 Å². The number of rotatable bonds is 5.